The maximum atomic E-state index is 2.54. The summed E-state index contributed by atoms with van der Waals surface area (Å²) in [7, 11) is 0. The number of rotatable bonds is 11. The summed E-state index contributed by atoms with van der Waals surface area (Å²) in [5, 5.41) is 2.40. The zero-order valence-electron chi connectivity index (χ0n) is 45.6. The number of hydrogen-bond donors (Lipinski definition) is 0. The summed E-state index contributed by atoms with van der Waals surface area (Å²) in [5.74, 6) is 0. The molecule has 0 N–H and O–H groups in total. The Balaban J connectivity index is 0.938. The molecule has 0 radical (unpaired) electrons. The van der Waals surface area contributed by atoms with Crippen LogP contribution in [0.4, 0.5) is 34.1 Å². The summed E-state index contributed by atoms with van der Waals surface area (Å²) in [6.07, 6.45) is 0. The molecule has 3 nitrogen and oxygen atoms in total. The fourth-order valence-electron chi connectivity index (χ4n) is 14.3. The summed E-state index contributed by atoms with van der Waals surface area (Å²) in [5.41, 5.74) is 23.8. The molecule has 0 unspecified atom stereocenters. The number of aromatic nitrogens is 1. The van der Waals surface area contributed by atoms with Gasteiger partial charge in [-0.3, -0.25) is 0 Å². The predicted molar refractivity (Wildman–Crippen MR) is 345 cm³/mol. The van der Waals surface area contributed by atoms with Crippen molar-refractivity contribution in [2.24, 2.45) is 0 Å². The first-order valence-electron chi connectivity index (χ1n) is 28.7. The number of hydrogen-bond acceptors (Lipinski definition) is 2. The molecule has 2 aliphatic carbocycles. The average molecular weight is 1060 g/mol. The molecule has 0 spiro atoms. The van der Waals surface area contributed by atoms with Crippen molar-refractivity contribution in [2.75, 3.05) is 9.80 Å². The van der Waals surface area contributed by atoms with Gasteiger partial charge in [0.2, 0.25) is 0 Å². The van der Waals surface area contributed by atoms with Crippen LogP contribution >= 0.6 is 0 Å². The molecule has 1 heterocycles. The summed E-state index contributed by atoms with van der Waals surface area (Å²) in [6, 6.07) is 123. The van der Waals surface area contributed by atoms with Crippen LogP contribution in [0, 0.1) is 0 Å². The van der Waals surface area contributed by atoms with Crippen LogP contribution in [-0.4, -0.2) is 4.57 Å². The molecule has 0 saturated heterocycles. The van der Waals surface area contributed by atoms with E-state index in [-0.39, 0.29) is 0 Å². The molecule has 13 aromatic carbocycles. The molecule has 16 rings (SSSR count). The van der Waals surface area contributed by atoms with Crippen LogP contribution in [0.25, 0.3) is 49.7 Å². The van der Waals surface area contributed by atoms with Crippen molar-refractivity contribution >= 4 is 55.9 Å². The van der Waals surface area contributed by atoms with Crippen molar-refractivity contribution < 1.29 is 0 Å². The zero-order valence-corrected chi connectivity index (χ0v) is 45.6. The van der Waals surface area contributed by atoms with Crippen LogP contribution in [0.5, 0.6) is 0 Å². The van der Waals surface area contributed by atoms with Crippen LogP contribution in [0.15, 0.2) is 334 Å². The van der Waals surface area contributed by atoms with Gasteiger partial charge in [-0.15, -0.1) is 0 Å². The Morgan fingerprint density at radius 1 is 0.217 bits per heavy atom. The van der Waals surface area contributed by atoms with Gasteiger partial charge in [-0.1, -0.05) is 224 Å². The molecule has 14 aromatic rings. The highest BCUT2D eigenvalue weighted by atomic mass is 15.1. The lowest BCUT2D eigenvalue weighted by Gasteiger charge is -2.35. The molecule has 1 aromatic heterocycles. The van der Waals surface area contributed by atoms with Gasteiger partial charge in [0.15, 0.2) is 0 Å². The van der Waals surface area contributed by atoms with Crippen LogP contribution < -0.4 is 9.80 Å². The van der Waals surface area contributed by atoms with Gasteiger partial charge < -0.3 is 14.4 Å². The summed E-state index contributed by atoms with van der Waals surface area (Å²) >= 11 is 0. The minimum Gasteiger partial charge on any atom is -0.311 e. The van der Waals surface area contributed by atoms with Crippen molar-refractivity contribution in [2.45, 2.75) is 10.8 Å². The Labute approximate surface area is 484 Å². The molecule has 390 valence electrons. The van der Waals surface area contributed by atoms with Crippen molar-refractivity contribution in [1.29, 1.82) is 0 Å². The molecule has 0 aliphatic heterocycles. The van der Waals surface area contributed by atoms with E-state index >= 15 is 0 Å². The van der Waals surface area contributed by atoms with Crippen molar-refractivity contribution in [3.63, 3.8) is 0 Å². The maximum absolute atomic E-state index is 2.54. The molecular weight excluding hydrogens is 1000 g/mol. The van der Waals surface area contributed by atoms with Crippen LogP contribution in [0.3, 0.4) is 0 Å². The summed E-state index contributed by atoms with van der Waals surface area (Å²) in [4.78, 5) is 4.70. The van der Waals surface area contributed by atoms with Gasteiger partial charge in [-0.25, -0.2) is 0 Å². The lowest BCUT2D eigenvalue weighted by Crippen LogP contribution is -2.28. The highest BCUT2D eigenvalue weighted by Crippen LogP contribution is 2.59. The van der Waals surface area contributed by atoms with E-state index in [4.69, 9.17) is 0 Å². The highest BCUT2D eigenvalue weighted by molar-refractivity contribution is 6.10. The Hall–Kier alpha value is -10.7. The van der Waals surface area contributed by atoms with Gasteiger partial charge >= 0.3 is 0 Å². The Morgan fingerprint density at radius 2 is 0.470 bits per heavy atom. The minimum absolute atomic E-state index is 0.650. The third-order valence-electron chi connectivity index (χ3n) is 17.7. The number of anilines is 6. The van der Waals surface area contributed by atoms with E-state index in [0.29, 0.717) is 0 Å². The van der Waals surface area contributed by atoms with E-state index in [1.165, 1.54) is 77.5 Å². The van der Waals surface area contributed by atoms with Crippen molar-refractivity contribution in [3.8, 4) is 27.9 Å². The molecule has 0 amide bonds. The fraction of sp³-hybridized carbons (Fsp3) is 0.0250. The Bertz CT molecular complexity index is 4250. The number of fused-ring (bicyclic) bond motifs is 9. The van der Waals surface area contributed by atoms with Gasteiger partial charge in [-0.05, 0) is 176 Å². The third kappa shape index (κ3) is 7.38. The average Bonchev–Trinajstić information content (AvgIpc) is 4.02. The van der Waals surface area contributed by atoms with Crippen LogP contribution in [0.1, 0.15) is 44.5 Å². The highest BCUT2D eigenvalue weighted by Gasteiger charge is 2.48. The monoisotopic (exact) mass is 1060 g/mol. The minimum atomic E-state index is -0.650. The largest absolute Gasteiger partial charge is 0.311 e. The van der Waals surface area contributed by atoms with E-state index in [0.717, 1.165) is 50.8 Å². The summed E-state index contributed by atoms with van der Waals surface area (Å²) < 4.78 is 2.47. The normalized spacial score (nSPS) is 13.3. The zero-order chi connectivity index (χ0) is 54.9. The number of benzene rings is 13. The van der Waals surface area contributed by atoms with Crippen LogP contribution in [-0.2, 0) is 10.8 Å². The SMILES string of the molecule is c1ccc(N(c2ccccc2)c2ccc(C3(c4ccc5c(c4)c4cc(C6(c7ccc(N(c8ccccc8)c8ccccc8)cc7)c7ccccc7-c7ccccc76)ccc4n5-c4ccccc4)c4ccccc4-c4ccccc43)cc2)cc1. The first kappa shape index (κ1) is 48.2. The number of para-hydroxylation sites is 5. The van der Waals surface area contributed by atoms with Crippen molar-refractivity contribution in [3.05, 3.63) is 378 Å². The topological polar surface area (TPSA) is 11.4 Å². The fourth-order valence-corrected chi connectivity index (χ4v) is 14.3. The van der Waals surface area contributed by atoms with Gasteiger partial charge in [0.05, 0.1) is 21.9 Å². The quantitative estimate of drug-likeness (QED) is 0.128. The Kier molecular flexibility index (Phi) is 11.3. The lowest BCUT2D eigenvalue weighted by atomic mass is 9.67. The van der Waals surface area contributed by atoms with E-state index < -0.39 is 10.8 Å². The third-order valence-corrected chi connectivity index (χ3v) is 17.7. The van der Waals surface area contributed by atoms with E-state index in [9.17, 15) is 0 Å². The molecule has 0 atom stereocenters. The smallest absolute Gasteiger partial charge is 0.0713 e. The van der Waals surface area contributed by atoms with E-state index in [1.54, 1.807) is 0 Å². The van der Waals surface area contributed by atoms with Crippen molar-refractivity contribution in [1.82, 2.24) is 4.57 Å². The second kappa shape index (κ2) is 19.5. The molecule has 0 saturated carbocycles. The van der Waals surface area contributed by atoms with Crippen LogP contribution in [0.2, 0.25) is 0 Å². The van der Waals surface area contributed by atoms with E-state index in [1.807, 2.05) is 0 Å². The Morgan fingerprint density at radius 3 is 0.783 bits per heavy atom. The second-order valence-corrected chi connectivity index (χ2v) is 21.9. The van der Waals surface area contributed by atoms with Gasteiger partial charge in [-0.2, -0.15) is 0 Å². The summed E-state index contributed by atoms with van der Waals surface area (Å²) in [6.45, 7) is 0. The first-order valence-corrected chi connectivity index (χ1v) is 28.7. The lowest BCUT2D eigenvalue weighted by molar-refractivity contribution is 0.769. The number of nitrogens with zero attached hydrogens (tertiary/aromatic N) is 3. The molecule has 0 fully saturated rings. The molecular formula is C80H55N3. The molecule has 3 heteroatoms. The van der Waals surface area contributed by atoms with Gasteiger partial charge in [0.25, 0.3) is 0 Å². The molecule has 0 bridgehead atoms. The molecule has 83 heavy (non-hydrogen) atoms. The maximum Gasteiger partial charge on any atom is 0.0713 e. The first-order chi connectivity index (χ1) is 41.2. The standard InChI is InChI=1S/C80H55N3/c1-6-24-60(25-7-1)81(61-26-8-2-9-27-61)65-48-42-56(43-49-65)79(73-38-20-16-34-67(73)68-35-17-21-39-74(68)79)58-46-52-77-71(54-58)72-55-59(47-53-78(72)83(77)64-32-14-5-15-33-64)80(75-40-22-18-36-69(75)70-37-19-23-41-76(70)80)57-44-50-66(51-45-57)82(62-28-10-3-11-29-62)63-30-12-4-13-31-63/h1-55H. The van der Waals surface area contributed by atoms with Gasteiger partial charge in [0.1, 0.15) is 0 Å². The predicted octanol–water partition coefficient (Wildman–Crippen LogP) is 20.4. The second-order valence-electron chi connectivity index (χ2n) is 21.9. The van der Waals surface area contributed by atoms with Gasteiger partial charge in [0, 0.05) is 50.6 Å². The molecule has 2 aliphatic rings. The van der Waals surface area contributed by atoms with E-state index in [2.05, 4.69) is 348 Å².